The fraction of sp³-hybridized carbons (Fsp3) is 0.457. The Morgan fingerprint density at radius 2 is 1.78 bits per heavy atom. The standard InChI is InChI=1S/C46H51ClFN9O7/c1-25(2)57-36-7-4-28(18-27(36)19-38(45(57)62)63-24-40(59)49-3)51-42-35(47)22-50-46(53-42)55-16-12-30(13-17-55)64-31-20-29(21-31)54-14-10-26(11-15-54)32-5-6-33-34(41(32)48)23-56(44(33)61)37-8-9-39(58)52-43(37)60/h4-7,10,18-19,22,25,29-31,37H,8-9,11-17,20-21,23-24H2,1-3H3,(H,49,59)(H,50,51,53)(H,52,58,60)/t29?,31?,37-/m1/s1. The van der Waals surface area contributed by atoms with Crippen molar-refractivity contribution in [2.75, 3.05) is 50.1 Å². The van der Waals surface area contributed by atoms with Gasteiger partial charge in [-0.05, 0) is 88.3 Å². The molecule has 3 N–H and O–H groups in total. The van der Waals surface area contributed by atoms with Gasteiger partial charge in [-0.15, -0.1) is 0 Å². The van der Waals surface area contributed by atoms with Gasteiger partial charge in [0.25, 0.3) is 17.4 Å². The number of imide groups is 1. The molecule has 0 spiro atoms. The van der Waals surface area contributed by atoms with Gasteiger partial charge in [-0.25, -0.2) is 9.37 Å². The first-order valence-electron chi connectivity index (χ1n) is 22.0. The lowest BCUT2D eigenvalue weighted by Crippen LogP contribution is -2.52. The van der Waals surface area contributed by atoms with Crippen LogP contribution < -0.4 is 31.1 Å². The van der Waals surface area contributed by atoms with Gasteiger partial charge in [0.1, 0.15) is 16.9 Å². The highest BCUT2D eigenvalue weighted by Crippen LogP contribution is 2.38. The molecule has 4 amide bonds. The molecule has 2 aromatic carbocycles. The molecule has 4 aromatic rings. The molecule has 0 bridgehead atoms. The molecule has 3 fully saturated rings. The molecule has 4 aliphatic heterocycles. The number of pyridine rings is 1. The summed E-state index contributed by atoms with van der Waals surface area (Å²) in [5.74, 6) is -0.905. The number of nitrogens with one attached hydrogen (secondary N) is 3. The van der Waals surface area contributed by atoms with Gasteiger partial charge >= 0.3 is 0 Å². The van der Waals surface area contributed by atoms with Crippen LogP contribution in [0.25, 0.3) is 16.5 Å². The first kappa shape index (κ1) is 43.3. The smallest absolute Gasteiger partial charge is 0.293 e. The van der Waals surface area contributed by atoms with Crippen LogP contribution in [0.5, 0.6) is 5.75 Å². The number of aromatic nitrogens is 3. The molecule has 2 saturated heterocycles. The number of amides is 4. The highest BCUT2D eigenvalue weighted by Gasteiger charge is 2.41. The maximum absolute atomic E-state index is 16.0. The summed E-state index contributed by atoms with van der Waals surface area (Å²) < 4.78 is 29.8. The normalized spacial score (nSPS) is 21.8. The first-order chi connectivity index (χ1) is 30.8. The van der Waals surface area contributed by atoms with Crippen LogP contribution in [0.3, 0.4) is 0 Å². The van der Waals surface area contributed by atoms with Crippen molar-refractivity contribution in [3.63, 3.8) is 0 Å². The summed E-state index contributed by atoms with van der Waals surface area (Å²) in [7, 11) is 1.51. The number of fused-ring (bicyclic) bond motifs is 2. The van der Waals surface area contributed by atoms with Crippen molar-refractivity contribution in [2.24, 2.45) is 0 Å². The van der Waals surface area contributed by atoms with E-state index in [2.05, 4.69) is 36.8 Å². The summed E-state index contributed by atoms with van der Waals surface area (Å²) in [4.78, 5) is 77.6. The van der Waals surface area contributed by atoms with Gasteiger partial charge < -0.3 is 34.5 Å². The molecule has 0 unspecified atom stereocenters. The molecule has 336 valence electrons. The van der Waals surface area contributed by atoms with Gasteiger partial charge in [-0.2, -0.15) is 4.98 Å². The van der Waals surface area contributed by atoms with Crippen LogP contribution in [0.2, 0.25) is 5.02 Å². The second-order valence-electron chi connectivity index (χ2n) is 17.4. The molecule has 1 aliphatic carbocycles. The zero-order valence-electron chi connectivity index (χ0n) is 36.0. The van der Waals surface area contributed by atoms with Crippen molar-refractivity contribution >= 4 is 69.2 Å². The Balaban J connectivity index is 0.760. The molecule has 1 saturated carbocycles. The lowest BCUT2D eigenvalue weighted by atomic mass is 9.85. The predicted molar refractivity (Wildman–Crippen MR) is 238 cm³/mol. The number of piperidine rings is 2. The number of anilines is 3. The second kappa shape index (κ2) is 17.9. The van der Waals surface area contributed by atoms with Gasteiger partial charge in [-0.3, -0.25) is 34.2 Å². The van der Waals surface area contributed by atoms with E-state index in [1.54, 1.807) is 29.0 Å². The minimum atomic E-state index is -0.784. The van der Waals surface area contributed by atoms with E-state index in [-0.39, 0.29) is 78.8 Å². The van der Waals surface area contributed by atoms with Gasteiger partial charge in [-0.1, -0.05) is 23.7 Å². The lowest BCUT2D eigenvalue weighted by molar-refractivity contribution is -0.137. The molecule has 16 nitrogen and oxygen atoms in total. The third kappa shape index (κ3) is 8.55. The van der Waals surface area contributed by atoms with Crippen molar-refractivity contribution in [3.8, 4) is 5.75 Å². The highest BCUT2D eigenvalue weighted by atomic mass is 35.5. The maximum Gasteiger partial charge on any atom is 0.293 e. The Kier molecular flexibility index (Phi) is 12.1. The van der Waals surface area contributed by atoms with Crippen molar-refractivity contribution in [3.05, 3.63) is 86.6 Å². The molecular formula is C46H51ClFN9O7. The zero-order chi connectivity index (χ0) is 44.8. The van der Waals surface area contributed by atoms with Crippen LogP contribution in [-0.4, -0.2) is 112 Å². The SMILES string of the molecule is CNC(=O)COc1cc2cc(Nc3nc(N4CCC(OC5CC(N6CC=C(c7ccc8c(c7F)CN([C@@H]7CCC(=O)NC7=O)C8=O)CC6)C5)CC4)ncc3Cl)ccc2n(C(C)C)c1=O. The Morgan fingerprint density at radius 3 is 2.50 bits per heavy atom. The molecule has 18 heteroatoms. The van der Waals surface area contributed by atoms with E-state index < -0.39 is 17.8 Å². The molecule has 0 radical (unpaired) electrons. The zero-order valence-corrected chi connectivity index (χ0v) is 36.8. The van der Waals surface area contributed by atoms with Crippen molar-refractivity contribution in [2.45, 2.75) is 95.7 Å². The summed E-state index contributed by atoms with van der Waals surface area (Å²) in [6, 6.07) is 10.1. The molecule has 2 aromatic heterocycles. The average Bonchev–Trinajstić information content (AvgIpc) is 3.61. The summed E-state index contributed by atoms with van der Waals surface area (Å²) in [6.07, 6.45) is 8.62. The van der Waals surface area contributed by atoms with E-state index in [0.717, 1.165) is 61.8 Å². The van der Waals surface area contributed by atoms with E-state index >= 15 is 4.39 Å². The largest absolute Gasteiger partial charge is 0.478 e. The molecule has 5 aliphatic rings. The van der Waals surface area contributed by atoms with Crippen molar-refractivity contribution in [1.29, 1.82) is 0 Å². The summed E-state index contributed by atoms with van der Waals surface area (Å²) >= 11 is 6.59. The molecule has 1 atom stereocenters. The van der Waals surface area contributed by atoms with Crippen molar-refractivity contribution < 1.29 is 33.0 Å². The van der Waals surface area contributed by atoms with Gasteiger partial charge in [0.2, 0.25) is 17.8 Å². The number of carbonyl (C=O) groups excluding carboxylic acids is 4. The first-order valence-corrected chi connectivity index (χ1v) is 22.3. The Hall–Kier alpha value is -5.91. The predicted octanol–water partition coefficient (Wildman–Crippen LogP) is 5.10. The fourth-order valence-electron chi connectivity index (χ4n) is 9.49. The average molecular weight is 896 g/mol. The van der Waals surface area contributed by atoms with Gasteiger partial charge in [0.15, 0.2) is 18.2 Å². The minimum absolute atomic E-state index is 0.0107. The van der Waals surface area contributed by atoms with Gasteiger partial charge in [0, 0.05) is 79.5 Å². The number of likely N-dealkylation sites (N-methyl/N-ethyl adjacent to an activating group) is 1. The minimum Gasteiger partial charge on any atom is -0.478 e. The number of benzene rings is 2. The topological polar surface area (TPSA) is 180 Å². The lowest BCUT2D eigenvalue weighted by Gasteiger charge is -2.45. The quantitative estimate of drug-likeness (QED) is 0.161. The molecule has 64 heavy (non-hydrogen) atoms. The van der Waals surface area contributed by atoms with E-state index in [0.29, 0.717) is 52.6 Å². The number of carbonyl (C=O) groups is 4. The van der Waals surface area contributed by atoms with Crippen LogP contribution in [0.1, 0.15) is 86.3 Å². The maximum atomic E-state index is 16.0. The van der Waals surface area contributed by atoms with E-state index in [1.807, 2.05) is 32.0 Å². The van der Waals surface area contributed by atoms with Crippen LogP contribution in [0, 0.1) is 5.82 Å². The summed E-state index contributed by atoms with van der Waals surface area (Å²) in [5, 5.41) is 9.21. The number of nitrogens with zero attached hydrogens (tertiary/aromatic N) is 6. The number of rotatable bonds is 12. The van der Waals surface area contributed by atoms with Crippen LogP contribution in [-0.2, 0) is 25.7 Å². The Labute approximate surface area is 374 Å². The second-order valence-corrected chi connectivity index (χ2v) is 17.8. The summed E-state index contributed by atoms with van der Waals surface area (Å²) in [5.41, 5.74) is 3.12. The fourth-order valence-corrected chi connectivity index (χ4v) is 9.63. The van der Waals surface area contributed by atoms with Crippen LogP contribution >= 0.6 is 11.6 Å². The van der Waals surface area contributed by atoms with E-state index in [4.69, 9.17) is 26.1 Å². The molecule has 9 rings (SSSR count). The van der Waals surface area contributed by atoms with Crippen LogP contribution in [0.4, 0.5) is 21.8 Å². The number of hydrogen-bond donors (Lipinski definition) is 3. The number of halogens is 2. The number of hydrogen-bond acceptors (Lipinski definition) is 12. The molecule has 6 heterocycles. The molecular weight excluding hydrogens is 845 g/mol. The van der Waals surface area contributed by atoms with Gasteiger partial charge in [0.05, 0.1) is 30.5 Å². The van der Waals surface area contributed by atoms with Crippen LogP contribution in [0.15, 0.2) is 53.5 Å². The third-order valence-electron chi connectivity index (χ3n) is 13.1. The number of ether oxygens (including phenoxy) is 2. The highest BCUT2D eigenvalue weighted by molar-refractivity contribution is 6.33. The van der Waals surface area contributed by atoms with E-state index in [1.165, 1.54) is 11.9 Å². The third-order valence-corrected chi connectivity index (χ3v) is 13.4. The Bertz CT molecular complexity index is 2620. The summed E-state index contributed by atoms with van der Waals surface area (Å²) in [6.45, 7) is 6.53. The van der Waals surface area contributed by atoms with E-state index in [9.17, 15) is 24.0 Å². The Morgan fingerprint density at radius 1 is 1.00 bits per heavy atom. The van der Waals surface area contributed by atoms with Crippen molar-refractivity contribution in [1.82, 2.24) is 35.0 Å². The monoisotopic (exact) mass is 895 g/mol.